The molecule has 34 heavy (non-hydrogen) atoms. The Morgan fingerprint density at radius 2 is 1.35 bits per heavy atom. The first kappa shape index (κ1) is 23.2. The van der Waals surface area contributed by atoms with Crippen LogP contribution >= 0.6 is 11.6 Å². The van der Waals surface area contributed by atoms with E-state index in [9.17, 15) is 9.59 Å². The lowest BCUT2D eigenvalue weighted by atomic mass is 10.00. The smallest absolute Gasteiger partial charge is 0.253 e. The molecule has 0 spiro atoms. The maximum atomic E-state index is 13.3. The summed E-state index contributed by atoms with van der Waals surface area (Å²) in [7, 11) is 0. The average molecular weight is 470 g/mol. The summed E-state index contributed by atoms with van der Waals surface area (Å²) in [4.78, 5) is 30.7. The van der Waals surface area contributed by atoms with Crippen molar-refractivity contribution in [1.82, 2.24) is 15.6 Å². The van der Waals surface area contributed by atoms with Crippen molar-refractivity contribution in [3.05, 3.63) is 137 Å². The van der Waals surface area contributed by atoms with Gasteiger partial charge in [0.25, 0.3) is 5.91 Å². The van der Waals surface area contributed by atoms with Gasteiger partial charge in [0, 0.05) is 6.20 Å². The highest BCUT2D eigenvalue weighted by Gasteiger charge is 2.23. The third-order valence-corrected chi connectivity index (χ3v) is 5.77. The molecule has 3 aromatic carbocycles. The van der Waals surface area contributed by atoms with E-state index >= 15 is 0 Å². The van der Waals surface area contributed by atoms with Crippen LogP contribution in [0.15, 0.2) is 109 Å². The van der Waals surface area contributed by atoms with Crippen molar-refractivity contribution in [3.63, 3.8) is 0 Å². The molecule has 170 valence electrons. The molecule has 2 atom stereocenters. The summed E-state index contributed by atoms with van der Waals surface area (Å²) in [6, 6.07) is 30.6. The predicted molar refractivity (Wildman–Crippen MR) is 133 cm³/mol. The van der Waals surface area contributed by atoms with Crippen molar-refractivity contribution in [2.45, 2.75) is 18.5 Å². The lowest BCUT2D eigenvalue weighted by Gasteiger charge is -2.23. The molecule has 0 aliphatic rings. The van der Waals surface area contributed by atoms with Gasteiger partial charge in [-0.15, -0.1) is 0 Å². The number of nitrogens with one attached hydrogen (secondary N) is 2. The van der Waals surface area contributed by atoms with Crippen LogP contribution in [-0.2, 0) is 4.79 Å². The molecule has 2 N–H and O–H groups in total. The Morgan fingerprint density at radius 1 is 0.735 bits per heavy atom. The Morgan fingerprint density at radius 3 is 2.00 bits per heavy atom. The minimum atomic E-state index is -0.537. The van der Waals surface area contributed by atoms with E-state index in [0.717, 1.165) is 16.8 Å². The van der Waals surface area contributed by atoms with E-state index in [2.05, 4.69) is 15.6 Å². The zero-order chi connectivity index (χ0) is 23.8. The number of nitrogens with zero attached hydrogens (tertiary/aromatic N) is 1. The Hall–Kier alpha value is -3.96. The standard InChI is InChI=1S/C28H24ClN3O2/c29-23-16-8-7-15-22(23)28(34)31-25(20-11-3-1-4-12-20)19-26(33)32-27(21-13-5-2-6-14-21)24-17-9-10-18-30-24/h1-18,25,27H,19H2,(H,31,34)(H,32,33). The summed E-state index contributed by atoms with van der Waals surface area (Å²) in [6.07, 6.45) is 1.75. The first-order valence-corrected chi connectivity index (χ1v) is 11.3. The summed E-state index contributed by atoms with van der Waals surface area (Å²) in [6.45, 7) is 0. The fraction of sp³-hybridized carbons (Fsp3) is 0.107. The number of aromatic nitrogens is 1. The van der Waals surface area contributed by atoms with Crippen molar-refractivity contribution in [2.24, 2.45) is 0 Å². The van der Waals surface area contributed by atoms with Gasteiger partial charge in [0.2, 0.25) is 5.91 Å². The van der Waals surface area contributed by atoms with Gasteiger partial charge in [0.15, 0.2) is 0 Å². The van der Waals surface area contributed by atoms with Crippen LogP contribution in [0.5, 0.6) is 0 Å². The molecular weight excluding hydrogens is 446 g/mol. The Kier molecular flexibility index (Phi) is 7.68. The molecule has 1 aromatic heterocycles. The number of carbonyl (C=O) groups excluding carboxylic acids is 2. The predicted octanol–water partition coefficient (Wildman–Crippen LogP) is 5.50. The molecule has 0 saturated carbocycles. The van der Waals surface area contributed by atoms with Gasteiger partial charge < -0.3 is 10.6 Å². The fourth-order valence-electron chi connectivity index (χ4n) is 3.74. The maximum absolute atomic E-state index is 13.3. The second-order valence-corrected chi connectivity index (χ2v) is 8.19. The van der Waals surface area contributed by atoms with Crippen molar-refractivity contribution in [1.29, 1.82) is 0 Å². The van der Waals surface area contributed by atoms with Gasteiger partial charge >= 0.3 is 0 Å². The van der Waals surface area contributed by atoms with Crippen LogP contribution in [0.1, 0.15) is 45.7 Å². The van der Waals surface area contributed by atoms with Crippen LogP contribution in [0.2, 0.25) is 5.02 Å². The third-order valence-electron chi connectivity index (χ3n) is 5.44. The molecule has 6 heteroatoms. The van der Waals surface area contributed by atoms with Gasteiger partial charge in [-0.2, -0.15) is 0 Å². The van der Waals surface area contributed by atoms with Gasteiger partial charge in [-0.05, 0) is 35.4 Å². The minimum Gasteiger partial charge on any atom is -0.345 e. The molecule has 1 heterocycles. The van der Waals surface area contributed by atoms with E-state index in [0.29, 0.717) is 10.6 Å². The third kappa shape index (κ3) is 5.88. The molecule has 0 radical (unpaired) electrons. The van der Waals surface area contributed by atoms with Crippen LogP contribution in [0, 0.1) is 0 Å². The lowest BCUT2D eigenvalue weighted by molar-refractivity contribution is -0.122. The normalized spacial score (nSPS) is 12.4. The van der Waals surface area contributed by atoms with Crippen LogP contribution in [0.25, 0.3) is 0 Å². The summed E-state index contributed by atoms with van der Waals surface area (Å²) >= 11 is 6.21. The molecule has 0 fully saturated rings. The number of pyridine rings is 1. The number of rotatable bonds is 8. The molecule has 2 unspecified atom stereocenters. The molecule has 0 aliphatic carbocycles. The molecule has 2 amide bonds. The molecule has 0 bridgehead atoms. The van der Waals surface area contributed by atoms with E-state index in [1.807, 2.05) is 78.9 Å². The molecule has 0 saturated heterocycles. The van der Waals surface area contributed by atoms with E-state index in [1.165, 1.54) is 0 Å². The highest BCUT2D eigenvalue weighted by atomic mass is 35.5. The van der Waals surface area contributed by atoms with E-state index < -0.39 is 12.1 Å². The molecule has 0 aliphatic heterocycles. The summed E-state index contributed by atoms with van der Waals surface area (Å²) in [5.74, 6) is -0.551. The summed E-state index contributed by atoms with van der Waals surface area (Å²) in [5, 5.41) is 6.43. The largest absolute Gasteiger partial charge is 0.345 e. The van der Waals surface area contributed by atoms with Crippen LogP contribution in [0.3, 0.4) is 0 Å². The summed E-state index contributed by atoms with van der Waals surface area (Å²) < 4.78 is 0. The SMILES string of the molecule is O=C(CC(NC(=O)c1ccccc1Cl)c1ccccc1)NC(c1ccccc1)c1ccccn1. The summed E-state index contributed by atoms with van der Waals surface area (Å²) in [5.41, 5.74) is 2.85. The van der Waals surface area contributed by atoms with Gasteiger partial charge in [-0.25, -0.2) is 0 Å². The van der Waals surface area contributed by atoms with Crippen LogP contribution < -0.4 is 10.6 Å². The number of carbonyl (C=O) groups is 2. The first-order chi connectivity index (χ1) is 16.6. The first-order valence-electron chi connectivity index (χ1n) is 11.0. The van der Waals surface area contributed by atoms with Gasteiger partial charge in [-0.3, -0.25) is 14.6 Å². The highest BCUT2D eigenvalue weighted by Crippen LogP contribution is 2.23. The Labute approximate surface area is 203 Å². The maximum Gasteiger partial charge on any atom is 0.253 e. The second kappa shape index (κ2) is 11.3. The van der Waals surface area contributed by atoms with Gasteiger partial charge in [0.1, 0.15) is 0 Å². The zero-order valence-corrected chi connectivity index (χ0v) is 19.2. The Balaban J connectivity index is 1.56. The minimum absolute atomic E-state index is 0.0520. The van der Waals surface area contributed by atoms with Crippen molar-refractivity contribution < 1.29 is 9.59 Å². The second-order valence-electron chi connectivity index (χ2n) is 7.79. The van der Waals surface area contributed by atoms with E-state index in [-0.39, 0.29) is 18.2 Å². The van der Waals surface area contributed by atoms with E-state index in [1.54, 1.807) is 30.5 Å². The van der Waals surface area contributed by atoms with Crippen LogP contribution in [0.4, 0.5) is 0 Å². The van der Waals surface area contributed by atoms with Crippen LogP contribution in [-0.4, -0.2) is 16.8 Å². The molecule has 4 aromatic rings. The lowest BCUT2D eigenvalue weighted by Crippen LogP contribution is -2.36. The van der Waals surface area contributed by atoms with Gasteiger partial charge in [0.05, 0.1) is 34.8 Å². The fourth-order valence-corrected chi connectivity index (χ4v) is 3.97. The van der Waals surface area contributed by atoms with Crippen molar-refractivity contribution in [2.75, 3.05) is 0 Å². The average Bonchev–Trinajstić information content (AvgIpc) is 2.88. The number of hydrogen-bond acceptors (Lipinski definition) is 3. The Bertz CT molecular complexity index is 1190. The van der Waals surface area contributed by atoms with Crippen molar-refractivity contribution in [3.8, 4) is 0 Å². The van der Waals surface area contributed by atoms with E-state index in [4.69, 9.17) is 11.6 Å². The molecule has 5 nitrogen and oxygen atoms in total. The van der Waals surface area contributed by atoms with Gasteiger partial charge in [-0.1, -0.05) is 90.5 Å². The number of hydrogen-bond donors (Lipinski definition) is 2. The van der Waals surface area contributed by atoms with Crippen molar-refractivity contribution >= 4 is 23.4 Å². The topological polar surface area (TPSA) is 71.1 Å². The zero-order valence-electron chi connectivity index (χ0n) is 18.4. The molecule has 4 rings (SSSR count). The number of amides is 2. The number of halogens is 1. The monoisotopic (exact) mass is 469 g/mol. The quantitative estimate of drug-likeness (QED) is 0.358. The highest BCUT2D eigenvalue weighted by molar-refractivity contribution is 6.33. The number of benzene rings is 3. The molecular formula is C28H24ClN3O2.